The van der Waals surface area contributed by atoms with Gasteiger partial charge >= 0.3 is 0 Å². The van der Waals surface area contributed by atoms with Crippen molar-refractivity contribution in [3.63, 3.8) is 0 Å². The highest BCUT2D eigenvalue weighted by molar-refractivity contribution is 5.17. The molecule has 0 nitrogen and oxygen atoms in total. The summed E-state index contributed by atoms with van der Waals surface area (Å²) in [6.07, 6.45) is 9.59. The maximum absolute atomic E-state index is 4.42. The maximum atomic E-state index is 4.42. The smallest absolute Gasteiger partial charge is 0.0146 e. The summed E-state index contributed by atoms with van der Waals surface area (Å²) in [7, 11) is 0. The van der Waals surface area contributed by atoms with E-state index < -0.39 is 0 Å². The Bertz CT molecular complexity index is 402. The fraction of sp³-hybridized carbons (Fsp3) is 0.700. The lowest BCUT2D eigenvalue weighted by Gasteiger charge is -2.56. The zero-order chi connectivity index (χ0) is 14.9. The molecule has 2 saturated carbocycles. The van der Waals surface area contributed by atoms with Gasteiger partial charge in [-0.05, 0) is 67.6 Å². The molecule has 0 aromatic heterocycles. The molecule has 0 heterocycles. The molecule has 0 aliphatic heterocycles. The second-order valence-electron chi connectivity index (χ2n) is 7.64. The fourth-order valence-electron chi connectivity index (χ4n) is 4.96. The molecule has 0 spiro atoms. The van der Waals surface area contributed by atoms with Crippen LogP contribution in [0.4, 0.5) is 0 Å². The zero-order valence-electron chi connectivity index (χ0n) is 13.8. The first-order chi connectivity index (χ1) is 9.40. The maximum Gasteiger partial charge on any atom is -0.0146 e. The molecule has 0 aromatic carbocycles. The minimum Gasteiger partial charge on any atom is -0.0996 e. The second kappa shape index (κ2) is 5.92. The number of fused-ring (bicyclic) bond motifs is 1. The Labute approximate surface area is 126 Å². The second-order valence-corrected chi connectivity index (χ2v) is 7.64. The van der Waals surface area contributed by atoms with Crippen LogP contribution in [0.3, 0.4) is 0 Å². The molecule has 2 aliphatic carbocycles. The SMILES string of the molecule is C=CC(=C)CCC1C(=C)CC[C@H]2[C@H](C)[C@H](C)CC[C@]12C. The Balaban J connectivity index is 2.18. The van der Waals surface area contributed by atoms with Crippen molar-refractivity contribution < 1.29 is 0 Å². The van der Waals surface area contributed by atoms with E-state index >= 15 is 0 Å². The molecule has 0 bridgehead atoms. The minimum atomic E-state index is 0.475. The molecular formula is C20H32. The fourth-order valence-corrected chi connectivity index (χ4v) is 4.96. The van der Waals surface area contributed by atoms with E-state index in [1.54, 1.807) is 0 Å². The molecule has 0 amide bonds. The molecule has 112 valence electrons. The lowest BCUT2D eigenvalue weighted by Crippen LogP contribution is -2.47. The van der Waals surface area contributed by atoms with Crippen molar-refractivity contribution in [3.05, 3.63) is 37.0 Å². The summed E-state index contributed by atoms with van der Waals surface area (Å²) >= 11 is 0. The average molecular weight is 272 g/mol. The van der Waals surface area contributed by atoms with Gasteiger partial charge in [-0.3, -0.25) is 0 Å². The van der Waals surface area contributed by atoms with Crippen LogP contribution in [0.2, 0.25) is 0 Å². The van der Waals surface area contributed by atoms with Gasteiger partial charge in [0, 0.05) is 0 Å². The van der Waals surface area contributed by atoms with Crippen LogP contribution in [0.15, 0.2) is 37.0 Å². The molecule has 2 rings (SSSR count). The van der Waals surface area contributed by atoms with Crippen molar-refractivity contribution in [1.82, 2.24) is 0 Å². The molecule has 0 saturated heterocycles. The van der Waals surface area contributed by atoms with Crippen molar-refractivity contribution in [3.8, 4) is 0 Å². The highest BCUT2D eigenvalue weighted by Gasteiger charge is 2.50. The predicted molar refractivity (Wildman–Crippen MR) is 89.6 cm³/mol. The average Bonchev–Trinajstić information content (AvgIpc) is 2.42. The largest absolute Gasteiger partial charge is 0.0996 e. The Morgan fingerprint density at radius 3 is 2.70 bits per heavy atom. The Morgan fingerprint density at radius 2 is 2.05 bits per heavy atom. The van der Waals surface area contributed by atoms with Gasteiger partial charge in [0.1, 0.15) is 0 Å². The van der Waals surface area contributed by atoms with Crippen molar-refractivity contribution in [2.75, 3.05) is 0 Å². The lowest BCUT2D eigenvalue weighted by molar-refractivity contribution is -0.0308. The first kappa shape index (κ1) is 15.6. The molecule has 0 heteroatoms. The van der Waals surface area contributed by atoms with E-state index in [0.29, 0.717) is 11.3 Å². The van der Waals surface area contributed by atoms with Gasteiger partial charge < -0.3 is 0 Å². The Kier molecular flexibility index (Phi) is 4.62. The molecule has 2 fully saturated rings. The van der Waals surface area contributed by atoms with Crippen LogP contribution in [-0.2, 0) is 0 Å². The van der Waals surface area contributed by atoms with Crippen molar-refractivity contribution in [2.45, 2.75) is 59.3 Å². The number of hydrogen-bond donors (Lipinski definition) is 0. The van der Waals surface area contributed by atoms with Crippen LogP contribution in [0.1, 0.15) is 59.3 Å². The summed E-state index contributed by atoms with van der Waals surface area (Å²) in [5, 5.41) is 0. The standard InChI is InChI=1S/C20H32/c1-7-14(2)8-10-18-16(4)9-11-19-17(5)15(3)12-13-20(18,19)6/h7,15,17-19H,1-2,4,8-13H2,3,5-6H3/t15-,17-,18?,19+,20-/m1/s1. The molecule has 0 N–H and O–H groups in total. The summed E-state index contributed by atoms with van der Waals surface area (Å²) in [4.78, 5) is 0. The first-order valence-corrected chi connectivity index (χ1v) is 8.38. The molecule has 20 heavy (non-hydrogen) atoms. The molecule has 2 aliphatic rings. The molecule has 1 unspecified atom stereocenters. The van der Waals surface area contributed by atoms with Gasteiger partial charge in [-0.25, -0.2) is 0 Å². The monoisotopic (exact) mass is 272 g/mol. The van der Waals surface area contributed by atoms with Crippen LogP contribution in [-0.4, -0.2) is 0 Å². The predicted octanol–water partition coefficient (Wildman–Crippen LogP) is 6.16. The number of rotatable bonds is 4. The molecule has 0 aromatic rings. The minimum absolute atomic E-state index is 0.475. The topological polar surface area (TPSA) is 0 Å². The first-order valence-electron chi connectivity index (χ1n) is 8.38. The normalized spacial score (nSPS) is 41.0. The van der Waals surface area contributed by atoms with Gasteiger partial charge in [0.15, 0.2) is 0 Å². The van der Waals surface area contributed by atoms with Crippen LogP contribution < -0.4 is 0 Å². The van der Waals surface area contributed by atoms with Crippen LogP contribution in [0.5, 0.6) is 0 Å². The number of allylic oxidation sites excluding steroid dienone is 3. The van der Waals surface area contributed by atoms with Gasteiger partial charge in [0.05, 0.1) is 0 Å². The summed E-state index contributed by atoms with van der Waals surface area (Å²) in [6.45, 7) is 19.8. The van der Waals surface area contributed by atoms with E-state index in [4.69, 9.17) is 0 Å². The van der Waals surface area contributed by atoms with Gasteiger partial charge in [-0.2, -0.15) is 0 Å². The van der Waals surface area contributed by atoms with Crippen molar-refractivity contribution in [1.29, 1.82) is 0 Å². The highest BCUT2D eigenvalue weighted by atomic mass is 14.5. The molecule has 5 atom stereocenters. The van der Waals surface area contributed by atoms with Gasteiger partial charge in [0.2, 0.25) is 0 Å². The van der Waals surface area contributed by atoms with Crippen molar-refractivity contribution >= 4 is 0 Å². The van der Waals surface area contributed by atoms with E-state index in [9.17, 15) is 0 Å². The third-order valence-electron chi connectivity index (χ3n) is 6.63. The van der Waals surface area contributed by atoms with E-state index in [0.717, 1.165) is 24.2 Å². The third-order valence-corrected chi connectivity index (χ3v) is 6.63. The van der Waals surface area contributed by atoms with Crippen molar-refractivity contribution in [2.24, 2.45) is 29.1 Å². The van der Waals surface area contributed by atoms with Crippen LogP contribution in [0, 0.1) is 29.1 Å². The summed E-state index contributed by atoms with van der Waals surface area (Å²) in [5.41, 5.74) is 3.16. The Hall–Kier alpha value is -0.780. The van der Waals surface area contributed by atoms with Gasteiger partial charge in [0.25, 0.3) is 0 Å². The number of hydrogen-bond acceptors (Lipinski definition) is 0. The van der Waals surface area contributed by atoms with Gasteiger partial charge in [-0.15, -0.1) is 0 Å². The zero-order valence-corrected chi connectivity index (χ0v) is 13.8. The van der Waals surface area contributed by atoms with Gasteiger partial charge in [-0.1, -0.05) is 57.7 Å². The van der Waals surface area contributed by atoms with E-state index in [1.807, 2.05) is 6.08 Å². The molecule has 0 radical (unpaired) electrons. The Morgan fingerprint density at radius 1 is 1.35 bits per heavy atom. The van der Waals surface area contributed by atoms with Crippen LogP contribution >= 0.6 is 0 Å². The summed E-state index contributed by atoms with van der Waals surface area (Å²) < 4.78 is 0. The quantitative estimate of drug-likeness (QED) is 0.424. The summed E-state index contributed by atoms with van der Waals surface area (Å²) in [5.74, 6) is 3.34. The summed E-state index contributed by atoms with van der Waals surface area (Å²) in [6, 6.07) is 0. The third kappa shape index (κ3) is 2.67. The van der Waals surface area contributed by atoms with E-state index in [2.05, 4.69) is 40.5 Å². The van der Waals surface area contributed by atoms with E-state index in [1.165, 1.54) is 43.3 Å². The lowest BCUT2D eigenvalue weighted by atomic mass is 9.49. The highest BCUT2D eigenvalue weighted by Crippen LogP contribution is 2.59. The van der Waals surface area contributed by atoms with E-state index in [-0.39, 0.29) is 0 Å². The molecular weight excluding hydrogens is 240 g/mol. The van der Waals surface area contributed by atoms with Crippen LogP contribution in [0.25, 0.3) is 0 Å².